The molecule has 0 saturated heterocycles. The number of amides is 1. The van der Waals surface area contributed by atoms with Crippen LogP contribution in [0.5, 0.6) is 0 Å². The van der Waals surface area contributed by atoms with Crippen LogP contribution >= 0.6 is 11.3 Å². The van der Waals surface area contributed by atoms with Gasteiger partial charge in [0.1, 0.15) is 5.82 Å². The molecule has 1 saturated carbocycles. The van der Waals surface area contributed by atoms with Crippen molar-refractivity contribution in [3.63, 3.8) is 0 Å². The lowest BCUT2D eigenvalue weighted by molar-refractivity contribution is -0.116. The molecule has 142 valence electrons. The number of aryl methyl sites for hydroxylation is 1. The van der Waals surface area contributed by atoms with Crippen molar-refractivity contribution in [2.24, 2.45) is 5.92 Å². The number of hydrogen-bond donors (Lipinski definition) is 2. The second-order valence-corrected chi connectivity index (χ2v) is 8.03. The van der Waals surface area contributed by atoms with Gasteiger partial charge in [-0.2, -0.15) is 16.3 Å². The molecule has 6 nitrogen and oxygen atoms in total. The first-order valence-corrected chi connectivity index (χ1v) is 10.6. The molecule has 3 aromatic rings. The fourth-order valence-corrected chi connectivity index (χ4v) is 4.58. The number of nitrogens with zero attached hydrogens (tertiary/aromatic N) is 3. The zero-order valence-electron chi connectivity index (χ0n) is 15.3. The Labute approximate surface area is 163 Å². The summed E-state index contributed by atoms with van der Waals surface area (Å²) >= 11 is 1.64. The average Bonchev–Trinajstić information content (AvgIpc) is 3.47. The SMILES string of the molecule is O=C(C[C@H](c1ccsc1)n1cccc1)Nc1n[nH]c(CCC2CCCC2)n1. The molecule has 27 heavy (non-hydrogen) atoms. The largest absolute Gasteiger partial charge is 0.346 e. The lowest BCUT2D eigenvalue weighted by Gasteiger charge is -2.17. The number of carbonyl (C=O) groups excluding carboxylic acids is 1. The van der Waals surface area contributed by atoms with Crippen molar-refractivity contribution >= 4 is 23.2 Å². The van der Waals surface area contributed by atoms with Crippen LogP contribution in [0.15, 0.2) is 41.4 Å². The van der Waals surface area contributed by atoms with Gasteiger partial charge in [-0.3, -0.25) is 15.2 Å². The third kappa shape index (κ3) is 4.66. The zero-order valence-corrected chi connectivity index (χ0v) is 16.1. The van der Waals surface area contributed by atoms with Gasteiger partial charge in [0, 0.05) is 18.8 Å². The molecule has 0 aliphatic heterocycles. The fourth-order valence-electron chi connectivity index (χ4n) is 3.87. The number of aromatic nitrogens is 4. The summed E-state index contributed by atoms with van der Waals surface area (Å²) in [5.41, 5.74) is 1.14. The van der Waals surface area contributed by atoms with E-state index in [0.717, 1.165) is 30.1 Å². The van der Waals surface area contributed by atoms with E-state index in [1.54, 1.807) is 11.3 Å². The summed E-state index contributed by atoms with van der Waals surface area (Å²) in [6.07, 6.45) is 11.8. The van der Waals surface area contributed by atoms with Crippen LogP contribution in [0.25, 0.3) is 0 Å². The highest BCUT2D eigenvalue weighted by Crippen LogP contribution is 2.28. The molecule has 2 N–H and O–H groups in total. The highest BCUT2D eigenvalue weighted by Gasteiger charge is 2.19. The van der Waals surface area contributed by atoms with Gasteiger partial charge in [-0.15, -0.1) is 5.10 Å². The predicted octanol–water partition coefficient (Wildman–Crippen LogP) is 4.41. The normalized spacial score (nSPS) is 15.9. The topological polar surface area (TPSA) is 75.6 Å². The number of aromatic amines is 1. The molecule has 1 aliphatic carbocycles. The van der Waals surface area contributed by atoms with Gasteiger partial charge < -0.3 is 4.57 Å². The number of anilines is 1. The lowest BCUT2D eigenvalue weighted by atomic mass is 10.0. The molecule has 1 aliphatic rings. The molecule has 0 bridgehead atoms. The van der Waals surface area contributed by atoms with Crippen LogP contribution in [0.1, 0.15) is 56.0 Å². The molecular weight excluding hydrogens is 358 g/mol. The fraction of sp³-hybridized carbons (Fsp3) is 0.450. The second-order valence-electron chi connectivity index (χ2n) is 7.25. The Bertz CT molecular complexity index is 800. The van der Waals surface area contributed by atoms with E-state index in [1.165, 1.54) is 25.7 Å². The number of rotatable bonds is 8. The quantitative estimate of drug-likeness (QED) is 0.605. The predicted molar refractivity (Wildman–Crippen MR) is 107 cm³/mol. The number of nitrogens with one attached hydrogen (secondary N) is 2. The molecule has 7 heteroatoms. The number of thiophene rings is 1. The average molecular weight is 384 g/mol. The van der Waals surface area contributed by atoms with Crippen molar-refractivity contribution < 1.29 is 4.79 Å². The monoisotopic (exact) mass is 383 g/mol. The van der Waals surface area contributed by atoms with Crippen molar-refractivity contribution in [3.05, 3.63) is 52.7 Å². The van der Waals surface area contributed by atoms with Crippen LogP contribution in [-0.2, 0) is 11.2 Å². The maximum absolute atomic E-state index is 12.6. The number of carbonyl (C=O) groups is 1. The first kappa shape index (κ1) is 18.0. The van der Waals surface area contributed by atoms with E-state index in [9.17, 15) is 4.79 Å². The molecule has 1 amide bonds. The molecule has 0 aromatic carbocycles. The smallest absolute Gasteiger partial charge is 0.248 e. The highest BCUT2D eigenvalue weighted by molar-refractivity contribution is 7.08. The second kappa shape index (κ2) is 8.52. The minimum absolute atomic E-state index is 0.0213. The van der Waals surface area contributed by atoms with Gasteiger partial charge in [0.15, 0.2) is 0 Å². The Morgan fingerprint density at radius 1 is 1.33 bits per heavy atom. The first-order chi connectivity index (χ1) is 13.3. The van der Waals surface area contributed by atoms with Gasteiger partial charge in [-0.05, 0) is 46.9 Å². The maximum Gasteiger partial charge on any atom is 0.248 e. The van der Waals surface area contributed by atoms with E-state index < -0.39 is 0 Å². The molecule has 0 unspecified atom stereocenters. The van der Waals surface area contributed by atoms with Crippen LogP contribution < -0.4 is 5.32 Å². The molecule has 0 spiro atoms. The van der Waals surface area contributed by atoms with Gasteiger partial charge in [-0.1, -0.05) is 25.7 Å². The number of H-pyrrole nitrogens is 1. The molecule has 3 aromatic heterocycles. The summed E-state index contributed by atoms with van der Waals surface area (Å²) in [5, 5.41) is 14.1. The Hall–Kier alpha value is -2.41. The first-order valence-electron chi connectivity index (χ1n) is 9.63. The van der Waals surface area contributed by atoms with E-state index >= 15 is 0 Å². The van der Waals surface area contributed by atoms with Crippen LogP contribution in [0.4, 0.5) is 5.95 Å². The summed E-state index contributed by atoms with van der Waals surface area (Å²) in [5.74, 6) is 1.97. The molecule has 1 fully saturated rings. The van der Waals surface area contributed by atoms with E-state index in [0.29, 0.717) is 12.4 Å². The maximum atomic E-state index is 12.6. The molecule has 1 atom stereocenters. The summed E-state index contributed by atoms with van der Waals surface area (Å²) in [6.45, 7) is 0. The van der Waals surface area contributed by atoms with E-state index in [2.05, 4.69) is 36.5 Å². The number of hydrogen-bond acceptors (Lipinski definition) is 4. The Morgan fingerprint density at radius 3 is 2.89 bits per heavy atom. The third-order valence-corrected chi connectivity index (χ3v) is 6.04. The standard InChI is InChI=1S/C20H25N5OS/c26-19(13-17(16-9-12-27-14-16)25-10-3-4-11-25)22-20-21-18(23-24-20)8-7-15-5-1-2-6-15/h3-4,9-12,14-15,17H,1-2,5-8,13H2,(H2,21,22,23,24,26)/t17-/m1/s1. The van der Waals surface area contributed by atoms with Crippen molar-refractivity contribution in [3.8, 4) is 0 Å². The van der Waals surface area contributed by atoms with Crippen molar-refractivity contribution in [2.75, 3.05) is 5.32 Å². The van der Waals surface area contributed by atoms with Crippen molar-refractivity contribution in [1.82, 2.24) is 19.7 Å². The molecule has 0 radical (unpaired) electrons. The van der Waals surface area contributed by atoms with Gasteiger partial charge in [-0.25, -0.2) is 0 Å². The van der Waals surface area contributed by atoms with Crippen LogP contribution in [0.2, 0.25) is 0 Å². The lowest BCUT2D eigenvalue weighted by Crippen LogP contribution is -2.19. The van der Waals surface area contributed by atoms with Crippen molar-refractivity contribution in [1.29, 1.82) is 0 Å². The molecule has 3 heterocycles. The Balaban J connectivity index is 1.34. The van der Waals surface area contributed by atoms with Crippen LogP contribution in [-0.4, -0.2) is 25.7 Å². The van der Waals surface area contributed by atoms with Crippen LogP contribution in [0.3, 0.4) is 0 Å². The Kier molecular flexibility index (Phi) is 5.67. The minimum Gasteiger partial charge on any atom is -0.346 e. The van der Waals surface area contributed by atoms with Gasteiger partial charge >= 0.3 is 0 Å². The van der Waals surface area contributed by atoms with Gasteiger partial charge in [0.05, 0.1) is 12.5 Å². The van der Waals surface area contributed by atoms with E-state index in [1.807, 2.05) is 29.9 Å². The molecular formula is C20H25N5OS. The Morgan fingerprint density at radius 2 is 2.15 bits per heavy atom. The summed E-state index contributed by atoms with van der Waals surface area (Å²) in [4.78, 5) is 17.0. The van der Waals surface area contributed by atoms with E-state index in [4.69, 9.17) is 0 Å². The zero-order chi connectivity index (χ0) is 18.5. The summed E-state index contributed by atoms with van der Waals surface area (Å²) in [6, 6.07) is 6.00. The van der Waals surface area contributed by atoms with Gasteiger partial charge in [0.25, 0.3) is 0 Å². The highest BCUT2D eigenvalue weighted by atomic mass is 32.1. The van der Waals surface area contributed by atoms with E-state index in [-0.39, 0.29) is 11.9 Å². The summed E-state index contributed by atoms with van der Waals surface area (Å²) < 4.78 is 2.06. The van der Waals surface area contributed by atoms with Crippen LogP contribution in [0, 0.1) is 5.92 Å². The molecule has 4 rings (SSSR count). The summed E-state index contributed by atoms with van der Waals surface area (Å²) in [7, 11) is 0. The third-order valence-electron chi connectivity index (χ3n) is 5.34. The van der Waals surface area contributed by atoms with Crippen molar-refractivity contribution in [2.45, 2.75) is 51.0 Å². The van der Waals surface area contributed by atoms with Gasteiger partial charge in [0.2, 0.25) is 11.9 Å². The minimum atomic E-state index is -0.0822.